The van der Waals surface area contributed by atoms with Gasteiger partial charge in [-0.25, -0.2) is 0 Å². The van der Waals surface area contributed by atoms with Crippen molar-refractivity contribution in [3.8, 4) is 0 Å². The summed E-state index contributed by atoms with van der Waals surface area (Å²) in [5, 5.41) is 21.7. The standard InChI is InChI=1S/C24H40O4/c1-14(2)17-5-6-18-21-19(13-24(23(17,18)4)27-9-10-28-24)22(3)8-7-16(25)11-15(22)12-20(21)26/h14-21,25-26H,5-13H2,1-4H3/t15?,16?,17-,18+,19+,20-,21?,22+,23-/m1/s1. The lowest BCUT2D eigenvalue weighted by Crippen LogP contribution is -2.67. The van der Waals surface area contributed by atoms with Gasteiger partial charge in [-0.2, -0.15) is 0 Å². The zero-order valence-corrected chi connectivity index (χ0v) is 18.2. The number of fused-ring (bicyclic) bond motifs is 6. The van der Waals surface area contributed by atoms with Gasteiger partial charge in [0.05, 0.1) is 25.4 Å². The van der Waals surface area contributed by atoms with Gasteiger partial charge in [-0.15, -0.1) is 0 Å². The first-order valence-electron chi connectivity index (χ1n) is 11.9. The van der Waals surface area contributed by atoms with Gasteiger partial charge in [0.15, 0.2) is 5.79 Å². The molecule has 4 saturated carbocycles. The molecule has 0 radical (unpaired) electrons. The average molecular weight is 393 g/mol. The van der Waals surface area contributed by atoms with E-state index >= 15 is 0 Å². The number of aliphatic hydroxyl groups is 2. The summed E-state index contributed by atoms with van der Waals surface area (Å²) in [6, 6.07) is 0. The topological polar surface area (TPSA) is 58.9 Å². The van der Waals surface area contributed by atoms with Gasteiger partial charge in [-0.05, 0) is 79.4 Å². The first-order valence-corrected chi connectivity index (χ1v) is 11.9. The van der Waals surface area contributed by atoms with E-state index in [9.17, 15) is 10.2 Å². The summed E-state index contributed by atoms with van der Waals surface area (Å²) in [6.45, 7) is 11.0. The van der Waals surface area contributed by atoms with Crippen LogP contribution in [-0.2, 0) is 9.47 Å². The van der Waals surface area contributed by atoms with Gasteiger partial charge in [0, 0.05) is 11.8 Å². The molecule has 5 fully saturated rings. The molecule has 9 atom stereocenters. The van der Waals surface area contributed by atoms with Crippen LogP contribution in [0, 0.1) is 46.3 Å². The molecule has 0 bridgehead atoms. The van der Waals surface area contributed by atoms with Crippen molar-refractivity contribution in [2.75, 3.05) is 13.2 Å². The Morgan fingerprint density at radius 1 is 0.929 bits per heavy atom. The number of hydrogen-bond acceptors (Lipinski definition) is 4. The van der Waals surface area contributed by atoms with E-state index in [0.717, 1.165) is 32.1 Å². The van der Waals surface area contributed by atoms with Crippen LogP contribution in [0.1, 0.15) is 72.6 Å². The van der Waals surface area contributed by atoms with Crippen LogP contribution in [0.3, 0.4) is 0 Å². The molecule has 3 unspecified atom stereocenters. The molecular formula is C24H40O4. The van der Waals surface area contributed by atoms with Gasteiger partial charge in [0.2, 0.25) is 0 Å². The number of ether oxygens (including phenoxy) is 2. The normalized spacial score (nSPS) is 55.2. The summed E-state index contributed by atoms with van der Waals surface area (Å²) >= 11 is 0. The van der Waals surface area contributed by atoms with Crippen molar-refractivity contribution in [1.82, 2.24) is 0 Å². The average Bonchev–Trinajstić information content (AvgIpc) is 3.24. The Morgan fingerprint density at radius 3 is 2.32 bits per heavy atom. The Kier molecular flexibility index (Phi) is 4.53. The predicted molar refractivity (Wildman–Crippen MR) is 107 cm³/mol. The minimum absolute atomic E-state index is 0.0167. The molecule has 4 heteroatoms. The van der Waals surface area contributed by atoms with Crippen LogP contribution in [0.25, 0.3) is 0 Å². The van der Waals surface area contributed by atoms with Gasteiger partial charge in [0.25, 0.3) is 0 Å². The summed E-state index contributed by atoms with van der Waals surface area (Å²) in [4.78, 5) is 0. The van der Waals surface area contributed by atoms with Crippen molar-refractivity contribution in [2.45, 2.75) is 90.6 Å². The molecule has 2 N–H and O–H groups in total. The van der Waals surface area contributed by atoms with Crippen molar-refractivity contribution in [3.05, 3.63) is 0 Å². The maximum absolute atomic E-state index is 11.4. The minimum atomic E-state index is -0.481. The maximum atomic E-state index is 11.4. The molecule has 0 aromatic heterocycles. The highest BCUT2D eigenvalue weighted by molar-refractivity contribution is 5.17. The van der Waals surface area contributed by atoms with Crippen molar-refractivity contribution in [3.63, 3.8) is 0 Å². The van der Waals surface area contributed by atoms with Crippen LogP contribution in [0.15, 0.2) is 0 Å². The van der Waals surface area contributed by atoms with Crippen LogP contribution in [-0.4, -0.2) is 41.4 Å². The Labute approximate surface area is 170 Å². The van der Waals surface area contributed by atoms with Gasteiger partial charge in [-0.1, -0.05) is 27.7 Å². The Hall–Kier alpha value is -0.160. The van der Waals surface area contributed by atoms with E-state index in [1.807, 2.05) is 0 Å². The lowest BCUT2D eigenvalue weighted by Gasteiger charge is -2.66. The summed E-state index contributed by atoms with van der Waals surface area (Å²) in [5.41, 5.74) is 0.167. The monoisotopic (exact) mass is 392 g/mol. The molecule has 1 spiro atoms. The fourth-order valence-corrected chi connectivity index (χ4v) is 9.13. The van der Waals surface area contributed by atoms with Crippen LogP contribution in [0.4, 0.5) is 0 Å². The van der Waals surface area contributed by atoms with E-state index in [1.54, 1.807) is 0 Å². The first-order chi connectivity index (χ1) is 13.2. The minimum Gasteiger partial charge on any atom is -0.393 e. The van der Waals surface area contributed by atoms with E-state index in [0.29, 0.717) is 48.7 Å². The van der Waals surface area contributed by atoms with Crippen LogP contribution < -0.4 is 0 Å². The predicted octanol–water partition coefficient (Wildman–Crippen LogP) is 3.99. The molecule has 4 nitrogen and oxygen atoms in total. The van der Waals surface area contributed by atoms with E-state index in [4.69, 9.17) is 9.47 Å². The molecule has 5 aliphatic rings. The van der Waals surface area contributed by atoms with E-state index in [2.05, 4.69) is 27.7 Å². The fraction of sp³-hybridized carbons (Fsp3) is 1.00. The summed E-state index contributed by atoms with van der Waals surface area (Å²) in [6.07, 6.45) is 6.58. The largest absolute Gasteiger partial charge is 0.393 e. The summed E-state index contributed by atoms with van der Waals surface area (Å²) in [7, 11) is 0. The van der Waals surface area contributed by atoms with Crippen LogP contribution in [0.5, 0.6) is 0 Å². The third kappa shape index (κ3) is 2.38. The van der Waals surface area contributed by atoms with E-state index in [-0.39, 0.29) is 23.0 Å². The molecule has 1 saturated heterocycles. The Bertz CT molecular complexity index is 614. The highest BCUT2D eigenvalue weighted by atomic mass is 16.7. The number of rotatable bonds is 1. The molecule has 160 valence electrons. The molecule has 28 heavy (non-hydrogen) atoms. The van der Waals surface area contributed by atoms with E-state index < -0.39 is 5.79 Å². The molecule has 4 aliphatic carbocycles. The smallest absolute Gasteiger partial charge is 0.174 e. The second kappa shape index (κ2) is 6.42. The zero-order chi connectivity index (χ0) is 19.9. The lowest BCUT2D eigenvalue weighted by molar-refractivity contribution is -0.322. The highest BCUT2D eigenvalue weighted by Crippen LogP contribution is 2.72. The molecule has 0 aromatic carbocycles. The summed E-state index contributed by atoms with van der Waals surface area (Å²) in [5.74, 6) is 2.37. The molecule has 5 rings (SSSR count). The van der Waals surface area contributed by atoms with Crippen molar-refractivity contribution < 1.29 is 19.7 Å². The highest BCUT2D eigenvalue weighted by Gasteiger charge is 2.72. The van der Waals surface area contributed by atoms with Gasteiger partial charge < -0.3 is 19.7 Å². The van der Waals surface area contributed by atoms with E-state index in [1.165, 1.54) is 12.8 Å². The molecule has 0 aromatic rings. The quantitative estimate of drug-likeness (QED) is 0.708. The molecule has 1 heterocycles. The third-order valence-electron chi connectivity index (χ3n) is 10.4. The maximum Gasteiger partial charge on any atom is 0.174 e. The lowest BCUT2D eigenvalue weighted by atomic mass is 9.42. The van der Waals surface area contributed by atoms with Crippen molar-refractivity contribution in [1.29, 1.82) is 0 Å². The molecular weight excluding hydrogens is 352 g/mol. The van der Waals surface area contributed by atoms with Crippen LogP contribution >= 0.6 is 0 Å². The fourth-order valence-electron chi connectivity index (χ4n) is 9.13. The van der Waals surface area contributed by atoms with Crippen LogP contribution in [0.2, 0.25) is 0 Å². The zero-order valence-electron chi connectivity index (χ0n) is 18.2. The van der Waals surface area contributed by atoms with Crippen molar-refractivity contribution in [2.24, 2.45) is 46.3 Å². The molecule has 1 aliphatic heterocycles. The second-order valence-corrected chi connectivity index (χ2v) is 11.6. The Balaban J connectivity index is 1.59. The number of aliphatic hydroxyl groups excluding tert-OH is 2. The number of hydrogen-bond donors (Lipinski definition) is 2. The third-order valence-corrected chi connectivity index (χ3v) is 10.4. The molecule has 0 amide bonds. The van der Waals surface area contributed by atoms with Gasteiger partial charge in [-0.3, -0.25) is 0 Å². The van der Waals surface area contributed by atoms with Gasteiger partial charge >= 0.3 is 0 Å². The van der Waals surface area contributed by atoms with Gasteiger partial charge in [0.1, 0.15) is 0 Å². The first kappa shape index (κ1) is 19.8. The SMILES string of the molecule is CC(C)[C@H]1CC[C@H]2C3[C@H](O)CC4CC(O)CC[C@]4(C)[C@H]3CC3(OCCO3)[C@]12C. The summed E-state index contributed by atoms with van der Waals surface area (Å²) < 4.78 is 13.1. The van der Waals surface area contributed by atoms with Crippen molar-refractivity contribution >= 4 is 0 Å². The Morgan fingerprint density at radius 2 is 1.64 bits per heavy atom. The second-order valence-electron chi connectivity index (χ2n) is 11.6.